The molecule has 30 heavy (non-hydrogen) atoms. The van der Waals surface area contributed by atoms with Gasteiger partial charge in [-0.15, -0.1) is 13.2 Å². The van der Waals surface area contributed by atoms with Crippen LogP contribution in [0.3, 0.4) is 0 Å². The van der Waals surface area contributed by atoms with E-state index < -0.39 is 17.9 Å². The van der Waals surface area contributed by atoms with Gasteiger partial charge < -0.3 is 9.84 Å². The summed E-state index contributed by atoms with van der Waals surface area (Å²) in [5.74, 6) is -1.53. The van der Waals surface area contributed by atoms with Crippen LogP contribution in [0.25, 0.3) is 28.0 Å². The molecule has 0 fully saturated rings. The van der Waals surface area contributed by atoms with Crippen LogP contribution in [0.15, 0.2) is 59.7 Å². The summed E-state index contributed by atoms with van der Waals surface area (Å²) < 4.78 is 42.4. The highest BCUT2D eigenvalue weighted by Crippen LogP contribution is 2.29. The van der Waals surface area contributed by atoms with Gasteiger partial charge in [0, 0.05) is 6.20 Å². The number of alkyl halides is 3. The third kappa shape index (κ3) is 3.85. The van der Waals surface area contributed by atoms with Gasteiger partial charge in [0.25, 0.3) is 5.56 Å². The van der Waals surface area contributed by atoms with Crippen LogP contribution >= 0.6 is 0 Å². The molecule has 2 N–H and O–H groups in total. The number of carboxylic acid groups (broad SMARTS) is 1. The van der Waals surface area contributed by atoms with E-state index in [0.717, 1.165) is 10.9 Å². The van der Waals surface area contributed by atoms with Gasteiger partial charge in [0.1, 0.15) is 5.75 Å². The predicted octanol–water partition coefficient (Wildman–Crippen LogP) is 3.37. The molecule has 0 radical (unpaired) electrons. The fourth-order valence-electron chi connectivity index (χ4n) is 2.84. The second kappa shape index (κ2) is 7.03. The van der Waals surface area contributed by atoms with Crippen LogP contribution in [-0.4, -0.2) is 37.2 Å². The molecule has 4 aromatic rings. The number of nitrogens with one attached hydrogen (secondary N) is 1. The summed E-state index contributed by atoms with van der Waals surface area (Å²) in [6, 6.07) is 9.99. The van der Waals surface area contributed by atoms with Gasteiger partial charge in [-0.1, -0.05) is 18.2 Å². The molecule has 0 saturated carbocycles. The molecule has 4 rings (SSSR count). The van der Waals surface area contributed by atoms with Gasteiger partial charge in [0.2, 0.25) is 5.95 Å². The smallest absolute Gasteiger partial charge is 0.478 e. The Bertz CT molecular complexity index is 1330. The SMILES string of the molecule is O=C(O)c1cnn(-c2nc3ccc(-c4cccc(OC(F)(F)F)c4)cc3c(=O)[nH]2)c1. The van der Waals surface area contributed by atoms with Gasteiger partial charge >= 0.3 is 12.3 Å². The van der Waals surface area contributed by atoms with Crippen molar-refractivity contribution in [3.63, 3.8) is 0 Å². The Morgan fingerprint density at radius 1 is 1.13 bits per heavy atom. The van der Waals surface area contributed by atoms with Gasteiger partial charge in [0.15, 0.2) is 0 Å². The Kier molecular flexibility index (Phi) is 4.49. The second-order valence-electron chi connectivity index (χ2n) is 6.18. The normalized spacial score (nSPS) is 11.6. The van der Waals surface area contributed by atoms with Crippen LogP contribution < -0.4 is 10.3 Å². The fraction of sp³-hybridized carbons (Fsp3) is 0.0526. The Morgan fingerprint density at radius 2 is 1.90 bits per heavy atom. The number of benzene rings is 2. The van der Waals surface area contributed by atoms with Gasteiger partial charge in [-0.3, -0.25) is 9.78 Å². The molecule has 8 nitrogen and oxygen atoms in total. The Labute approximate surface area is 165 Å². The number of carboxylic acids is 1. The molecule has 11 heteroatoms. The molecular weight excluding hydrogens is 405 g/mol. The number of nitrogens with zero attached hydrogens (tertiary/aromatic N) is 3. The number of aromatic nitrogens is 4. The monoisotopic (exact) mass is 416 g/mol. The molecule has 2 heterocycles. The quantitative estimate of drug-likeness (QED) is 0.528. The molecule has 0 spiro atoms. The number of H-pyrrole nitrogens is 1. The van der Waals surface area contributed by atoms with Crippen molar-refractivity contribution in [1.82, 2.24) is 19.7 Å². The van der Waals surface area contributed by atoms with Crippen LogP contribution in [0.4, 0.5) is 13.2 Å². The zero-order valence-electron chi connectivity index (χ0n) is 14.8. The number of aromatic carboxylic acids is 1. The highest BCUT2D eigenvalue weighted by molar-refractivity contribution is 5.87. The lowest BCUT2D eigenvalue weighted by atomic mass is 10.0. The number of halogens is 3. The topological polar surface area (TPSA) is 110 Å². The van der Waals surface area contributed by atoms with Gasteiger partial charge in [-0.2, -0.15) is 5.10 Å². The Morgan fingerprint density at radius 3 is 2.60 bits per heavy atom. The molecule has 0 aliphatic heterocycles. The first-order chi connectivity index (χ1) is 14.2. The maximum absolute atomic E-state index is 12.5. The minimum absolute atomic E-state index is 0.0216. The third-order valence-electron chi connectivity index (χ3n) is 4.14. The molecule has 0 aliphatic carbocycles. The van der Waals surface area contributed by atoms with Crippen molar-refractivity contribution in [2.75, 3.05) is 0 Å². The number of aromatic amines is 1. The maximum atomic E-state index is 12.5. The fourth-order valence-corrected chi connectivity index (χ4v) is 2.84. The average Bonchev–Trinajstić information content (AvgIpc) is 3.17. The molecule has 0 atom stereocenters. The molecule has 0 bridgehead atoms. The van der Waals surface area contributed by atoms with E-state index in [1.807, 2.05) is 0 Å². The van der Waals surface area contributed by atoms with Crippen LogP contribution in [0.1, 0.15) is 10.4 Å². The largest absolute Gasteiger partial charge is 0.573 e. The minimum Gasteiger partial charge on any atom is -0.478 e. The average molecular weight is 416 g/mol. The summed E-state index contributed by atoms with van der Waals surface area (Å²) in [6.45, 7) is 0. The molecule has 0 amide bonds. The number of hydrogen-bond acceptors (Lipinski definition) is 5. The molecular formula is C19H11F3N4O4. The van der Waals surface area contributed by atoms with Crippen molar-refractivity contribution < 1.29 is 27.8 Å². The van der Waals surface area contributed by atoms with Crippen LogP contribution in [0, 0.1) is 0 Å². The van der Waals surface area contributed by atoms with E-state index in [1.165, 1.54) is 36.5 Å². The van der Waals surface area contributed by atoms with E-state index in [1.54, 1.807) is 12.1 Å². The van der Waals surface area contributed by atoms with Crippen molar-refractivity contribution in [1.29, 1.82) is 0 Å². The molecule has 152 valence electrons. The first-order valence-corrected chi connectivity index (χ1v) is 8.38. The standard InChI is InChI=1S/C19H11F3N4O4/c20-19(21,22)30-13-3-1-2-10(6-13)11-4-5-15-14(7-11)16(27)25-18(24-15)26-9-12(8-23-26)17(28)29/h1-9H,(H,28,29)(H,24,25,27). The molecule has 0 aliphatic rings. The Balaban J connectivity index is 1.73. The minimum atomic E-state index is -4.81. The predicted molar refractivity (Wildman–Crippen MR) is 98.6 cm³/mol. The number of hydrogen-bond donors (Lipinski definition) is 2. The van der Waals surface area contributed by atoms with E-state index in [-0.39, 0.29) is 22.6 Å². The molecule has 2 aromatic carbocycles. The first-order valence-electron chi connectivity index (χ1n) is 8.38. The first kappa shape index (κ1) is 19.2. The summed E-state index contributed by atoms with van der Waals surface area (Å²) in [7, 11) is 0. The molecule has 0 saturated heterocycles. The van der Waals surface area contributed by atoms with Crippen LogP contribution in [-0.2, 0) is 0 Å². The highest BCUT2D eigenvalue weighted by Gasteiger charge is 2.31. The van der Waals surface area contributed by atoms with Crippen LogP contribution in [0.5, 0.6) is 5.75 Å². The lowest BCUT2D eigenvalue weighted by molar-refractivity contribution is -0.274. The third-order valence-corrected chi connectivity index (χ3v) is 4.14. The number of rotatable bonds is 4. The second-order valence-corrected chi connectivity index (χ2v) is 6.18. The lowest BCUT2D eigenvalue weighted by Gasteiger charge is -2.10. The van der Waals surface area contributed by atoms with Crippen molar-refractivity contribution in [2.45, 2.75) is 6.36 Å². The van der Waals surface area contributed by atoms with E-state index in [0.29, 0.717) is 16.6 Å². The maximum Gasteiger partial charge on any atom is 0.573 e. The van der Waals surface area contributed by atoms with Crippen LogP contribution in [0.2, 0.25) is 0 Å². The molecule has 2 aromatic heterocycles. The van der Waals surface area contributed by atoms with E-state index in [4.69, 9.17) is 5.11 Å². The summed E-state index contributed by atoms with van der Waals surface area (Å²) in [5.41, 5.74) is 0.608. The van der Waals surface area contributed by atoms with Crippen molar-refractivity contribution >= 4 is 16.9 Å². The summed E-state index contributed by atoms with van der Waals surface area (Å²) in [5, 5.41) is 13.0. The van der Waals surface area contributed by atoms with E-state index in [9.17, 15) is 22.8 Å². The van der Waals surface area contributed by atoms with Gasteiger partial charge in [-0.25, -0.2) is 14.5 Å². The highest BCUT2D eigenvalue weighted by atomic mass is 19.4. The number of fused-ring (bicyclic) bond motifs is 1. The van der Waals surface area contributed by atoms with E-state index >= 15 is 0 Å². The number of carbonyl (C=O) groups is 1. The van der Waals surface area contributed by atoms with Gasteiger partial charge in [0.05, 0.1) is 22.7 Å². The van der Waals surface area contributed by atoms with Gasteiger partial charge in [-0.05, 0) is 35.4 Å². The van der Waals surface area contributed by atoms with Crippen molar-refractivity contribution in [2.24, 2.45) is 0 Å². The Hall–Kier alpha value is -4.15. The lowest BCUT2D eigenvalue weighted by Crippen LogP contribution is -2.17. The zero-order chi connectivity index (χ0) is 21.5. The zero-order valence-corrected chi connectivity index (χ0v) is 14.8. The van der Waals surface area contributed by atoms with Crippen molar-refractivity contribution in [3.8, 4) is 22.8 Å². The number of ether oxygens (including phenoxy) is 1. The molecule has 0 unspecified atom stereocenters. The van der Waals surface area contributed by atoms with Crippen molar-refractivity contribution in [3.05, 3.63) is 70.8 Å². The summed E-state index contributed by atoms with van der Waals surface area (Å²) >= 11 is 0. The summed E-state index contributed by atoms with van der Waals surface area (Å²) in [4.78, 5) is 30.3. The van der Waals surface area contributed by atoms with E-state index in [2.05, 4.69) is 19.8 Å². The summed E-state index contributed by atoms with van der Waals surface area (Å²) in [6.07, 6.45) is -2.49.